The predicted molar refractivity (Wildman–Crippen MR) is 109 cm³/mol. The van der Waals surface area contributed by atoms with Gasteiger partial charge in [0.25, 0.3) is 5.95 Å². The first-order valence-electron chi connectivity index (χ1n) is 9.07. The molecular formula is C22H15ClF3N3O. The van der Waals surface area contributed by atoms with Gasteiger partial charge < -0.3 is 5.32 Å². The molecule has 1 N–H and O–H groups in total. The number of ketones is 1. The number of Topliss-reactive ketones (excluding diaryl/α,β-unsaturated/α-hetero) is 1. The summed E-state index contributed by atoms with van der Waals surface area (Å²) >= 11 is 6.16. The van der Waals surface area contributed by atoms with Gasteiger partial charge in [0, 0.05) is 22.6 Å². The highest BCUT2D eigenvalue weighted by molar-refractivity contribution is 6.31. The fraction of sp³-hybridized carbons (Fsp3) is 0.136. The van der Waals surface area contributed by atoms with Crippen molar-refractivity contribution in [1.82, 2.24) is 4.98 Å². The Morgan fingerprint density at radius 3 is 2.53 bits per heavy atom. The average Bonchev–Trinajstić information content (AvgIpc) is 2.86. The van der Waals surface area contributed by atoms with Crippen molar-refractivity contribution >= 4 is 28.8 Å². The van der Waals surface area contributed by atoms with Gasteiger partial charge in [-0.15, -0.1) is 0 Å². The third-order valence-electron chi connectivity index (χ3n) is 4.79. The Morgan fingerprint density at radius 1 is 1.07 bits per heavy atom. The first-order valence-corrected chi connectivity index (χ1v) is 9.45. The second-order valence-electron chi connectivity index (χ2n) is 6.83. The van der Waals surface area contributed by atoms with Gasteiger partial charge in [-0.25, -0.2) is 9.37 Å². The molecule has 0 amide bonds. The lowest BCUT2D eigenvalue weighted by Crippen LogP contribution is -2.30. The second-order valence-corrected chi connectivity index (χ2v) is 7.26. The summed E-state index contributed by atoms with van der Waals surface area (Å²) in [5.41, 5.74) is 1.33. The molecule has 4 nitrogen and oxygen atoms in total. The number of rotatable bonds is 3. The molecule has 1 aromatic heterocycles. The van der Waals surface area contributed by atoms with E-state index in [0.29, 0.717) is 27.4 Å². The number of nitrogens with one attached hydrogen (secondary N) is 1. The second kappa shape index (κ2) is 7.91. The van der Waals surface area contributed by atoms with E-state index in [4.69, 9.17) is 11.6 Å². The van der Waals surface area contributed by atoms with Crippen molar-refractivity contribution < 1.29 is 18.0 Å². The third kappa shape index (κ3) is 3.68. The highest BCUT2D eigenvalue weighted by Gasteiger charge is 2.29. The van der Waals surface area contributed by atoms with Crippen LogP contribution in [0.5, 0.6) is 0 Å². The maximum atomic E-state index is 14.5. The first kappa shape index (κ1) is 20.1. The smallest absolute Gasteiger partial charge is 0.251 e. The van der Waals surface area contributed by atoms with Gasteiger partial charge in [0.15, 0.2) is 17.8 Å². The van der Waals surface area contributed by atoms with E-state index in [-0.39, 0.29) is 12.1 Å². The van der Waals surface area contributed by atoms with E-state index in [0.717, 1.165) is 0 Å². The van der Waals surface area contributed by atoms with E-state index >= 15 is 0 Å². The van der Waals surface area contributed by atoms with Gasteiger partial charge in [-0.2, -0.15) is 8.78 Å². The molecule has 30 heavy (non-hydrogen) atoms. The molecule has 0 saturated heterocycles. The van der Waals surface area contributed by atoms with Crippen LogP contribution in [0.2, 0.25) is 5.02 Å². The number of aliphatic imine (C=N–C) groups is 1. The SMILES string of the molecule is Cc1nc(F)c(F)c(NC2N=C(c3ccccc3)c3cc(Cl)ccc3CC2=O)c1F. The summed E-state index contributed by atoms with van der Waals surface area (Å²) in [6.07, 6.45) is -1.38. The van der Waals surface area contributed by atoms with Crippen LogP contribution in [0.4, 0.5) is 18.9 Å². The van der Waals surface area contributed by atoms with Crippen molar-refractivity contribution in [3.8, 4) is 0 Å². The molecule has 0 saturated carbocycles. The molecule has 3 aromatic rings. The number of aryl methyl sites for hydroxylation is 1. The Bertz CT molecular complexity index is 1160. The molecule has 1 atom stereocenters. The molecule has 0 radical (unpaired) electrons. The van der Waals surface area contributed by atoms with E-state index in [1.807, 2.05) is 6.07 Å². The van der Waals surface area contributed by atoms with Gasteiger partial charge in [-0.1, -0.05) is 48.0 Å². The number of fused-ring (bicyclic) bond motifs is 1. The number of nitrogens with zero attached hydrogens (tertiary/aromatic N) is 2. The van der Waals surface area contributed by atoms with Crippen LogP contribution in [0.15, 0.2) is 53.5 Å². The first-order chi connectivity index (χ1) is 14.3. The molecular weight excluding hydrogens is 415 g/mol. The minimum atomic E-state index is -1.51. The van der Waals surface area contributed by atoms with E-state index in [1.54, 1.807) is 42.5 Å². The normalized spacial score (nSPS) is 16.0. The van der Waals surface area contributed by atoms with Gasteiger partial charge in [-0.05, 0) is 24.6 Å². The van der Waals surface area contributed by atoms with Crippen molar-refractivity contribution in [2.24, 2.45) is 4.99 Å². The van der Waals surface area contributed by atoms with E-state index in [2.05, 4.69) is 15.3 Å². The van der Waals surface area contributed by atoms with E-state index in [1.165, 1.54) is 6.92 Å². The Morgan fingerprint density at radius 2 is 1.80 bits per heavy atom. The number of hydrogen-bond acceptors (Lipinski definition) is 4. The topological polar surface area (TPSA) is 54.4 Å². The Hall–Kier alpha value is -3.19. The summed E-state index contributed by atoms with van der Waals surface area (Å²) in [5.74, 6) is -4.48. The molecule has 0 aliphatic carbocycles. The number of carbonyl (C=O) groups excluding carboxylic acids is 1. The Labute approximate surface area is 175 Å². The number of hydrogen-bond donors (Lipinski definition) is 1. The maximum Gasteiger partial charge on any atom is 0.251 e. The maximum absolute atomic E-state index is 14.5. The Kier molecular flexibility index (Phi) is 5.30. The zero-order valence-corrected chi connectivity index (χ0v) is 16.5. The van der Waals surface area contributed by atoms with E-state index < -0.39 is 35.2 Å². The molecule has 4 rings (SSSR count). The summed E-state index contributed by atoms with van der Waals surface area (Å²) in [6, 6.07) is 14.1. The summed E-state index contributed by atoms with van der Waals surface area (Å²) in [6.45, 7) is 1.20. The monoisotopic (exact) mass is 429 g/mol. The van der Waals surface area contributed by atoms with Gasteiger partial charge in [0.05, 0.1) is 11.4 Å². The minimum Gasteiger partial charge on any atom is -0.353 e. The zero-order chi connectivity index (χ0) is 21.4. The van der Waals surface area contributed by atoms with Crippen molar-refractivity contribution in [3.63, 3.8) is 0 Å². The molecule has 2 heterocycles. The van der Waals surface area contributed by atoms with Gasteiger partial charge >= 0.3 is 0 Å². The van der Waals surface area contributed by atoms with Crippen LogP contribution in [0, 0.1) is 24.5 Å². The molecule has 8 heteroatoms. The summed E-state index contributed by atoms with van der Waals surface area (Å²) in [4.78, 5) is 20.5. The zero-order valence-electron chi connectivity index (χ0n) is 15.7. The number of pyridine rings is 1. The van der Waals surface area contributed by atoms with Crippen LogP contribution in [0.25, 0.3) is 0 Å². The molecule has 0 fully saturated rings. The fourth-order valence-electron chi connectivity index (χ4n) is 3.31. The van der Waals surface area contributed by atoms with Gasteiger partial charge in [0.1, 0.15) is 5.69 Å². The third-order valence-corrected chi connectivity index (χ3v) is 5.02. The predicted octanol–water partition coefficient (Wildman–Crippen LogP) is 4.86. The quantitative estimate of drug-likeness (QED) is 0.605. The standard InChI is InChI=1S/C22H15ClF3N3O/c1-11-17(24)20(18(25)21(26)27-11)29-22-16(30)9-13-7-8-14(23)10-15(13)19(28-22)12-5-3-2-4-6-12/h2-8,10,22H,9H2,1H3,(H,27,29). The number of aromatic nitrogens is 1. The number of halogens is 4. The van der Waals surface area contributed by atoms with Crippen LogP contribution >= 0.6 is 11.6 Å². The van der Waals surface area contributed by atoms with Crippen molar-refractivity contribution in [1.29, 1.82) is 0 Å². The van der Waals surface area contributed by atoms with Crippen LogP contribution in [-0.2, 0) is 11.2 Å². The molecule has 1 aliphatic rings. The number of benzene rings is 2. The highest BCUT2D eigenvalue weighted by Crippen LogP contribution is 2.28. The van der Waals surface area contributed by atoms with Crippen molar-refractivity contribution in [2.45, 2.75) is 19.5 Å². The molecule has 2 aromatic carbocycles. The molecule has 152 valence electrons. The number of carbonyl (C=O) groups is 1. The average molecular weight is 430 g/mol. The lowest BCUT2D eigenvalue weighted by molar-refractivity contribution is -0.118. The fourth-order valence-corrected chi connectivity index (χ4v) is 3.48. The van der Waals surface area contributed by atoms with Crippen molar-refractivity contribution in [2.75, 3.05) is 5.32 Å². The highest BCUT2D eigenvalue weighted by atomic mass is 35.5. The van der Waals surface area contributed by atoms with Crippen LogP contribution in [-0.4, -0.2) is 22.6 Å². The summed E-state index contributed by atoms with van der Waals surface area (Å²) in [7, 11) is 0. The summed E-state index contributed by atoms with van der Waals surface area (Å²) in [5, 5.41) is 2.90. The van der Waals surface area contributed by atoms with Gasteiger partial charge in [0.2, 0.25) is 5.82 Å². The molecule has 1 aliphatic heterocycles. The number of anilines is 1. The minimum absolute atomic E-state index is 0.0419. The lowest BCUT2D eigenvalue weighted by Gasteiger charge is -2.16. The molecule has 1 unspecified atom stereocenters. The van der Waals surface area contributed by atoms with Crippen LogP contribution < -0.4 is 5.32 Å². The van der Waals surface area contributed by atoms with E-state index in [9.17, 15) is 18.0 Å². The molecule has 0 bridgehead atoms. The molecule has 0 spiro atoms. The van der Waals surface area contributed by atoms with Crippen LogP contribution in [0.1, 0.15) is 22.4 Å². The van der Waals surface area contributed by atoms with Crippen LogP contribution in [0.3, 0.4) is 0 Å². The van der Waals surface area contributed by atoms with Gasteiger partial charge in [-0.3, -0.25) is 9.79 Å². The largest absolute Gasteiger partial charge is 0.353 e. The lowest BCUT2D eigenvalue weighted by atomic mass is 9.96. The van der Waals surface area contributed by atoms with Crippen molar-refractivity contribution in [3.05, 3.63) is 93.5 Å². The summed E-state index contributed by atoms with van der Waals surface area (Å²) < 4.78 is 42.4. The Balaban J connectivity index is 1.86.